The largest absolute Gasteiger partial charge is 0.493 e. The first-order valence-corrected chi connectivity index (χ1v) is 7.36. The van der Waals surface area contributed by atoms with Gasteiger partial charge in [0.15, 0.2) is 0 Å². The van der Waals surface area contributed by atoms with Crippen molar-refractivity contribution >= 4 is 17.3 Å². The molecular weight excluding hydrogens is 276 g/mol. The minimum absolute atomic E-state index is 0.177. The Morgan fingerprint density at radius 2 is 2.00 bits per heavy atom. The molecule has 0 unspecified atom stereocenters. The van der Waals surface area contributed by atoms with Crippen LogP contribution in [0.1, 0.15) is 29.8 Å². The second kappa shape index (κ2) is 6.98. The third-order valence-corrected chi connectivity index (χ3v) is 3.19. The van der Waals surface area contributed by atoms with E-state index in [1.54, 1.807) is 18.2 Å². The average molecular weight is 298 g/mol. The van der Waals surface area contributed by atoms with Crippen LogP contribution in [0.4, 0.5) is 11.4 Å². The molecule has 2 rings (SSSR count). The fraction of sp³-hybridized carbons (Fsp3) is 0.278. The van der Waals surface area contributed by atoms with Crippen LogP contribution in [0.15, 0.2) is 42.5 Å². The van der Waals surface area contributed by atoms with E-state index in [0.717, 1.165) is 11.3 Å². The number of carbonyl (C=O) groups excluding carboxylic acids is 1. The number of nitrogen functional groups attached to an aromatic ring is 1. The predicted molar refractivity (Wildman–Crippen MR) is 90.3 cm³/mol. The Labute approximate surface area is 131 Å². The zero-order valence-corrected chi connectivity index (χ0v) is 13.2. The highest BCUT2D eigenvalue weighted by molar-refractivity contribution is 6.05. The molecule has 2 aromatic rings. The van der Waals surface area contributed by atoms with E-state index in [-0.39, 0.29) is 5.91 Å². The molecule has 0 saturated carbocycles. The van der Waals surface area contributed by atoms with E-state index < -0.39 is 0 Å². The standard InChI is InChI=1S/C18H22N2O2/c1-12(2)11-22-16-6-4-5-14(9-16)18(21)20-17-10-15(19)8-7-13(17)3/h4-10,12H,11,19H2,1-3H3,(H,20,21). The van der Waals surface area contributed by atoms with Crippen LogP contribution in [-0.2, 0) is 0 Å². The number of nitrogens with one attached hydrogen (secondary N) is 1. The molecule has 3 N–H and O–H groups in total. The van der Waals surface area contributed by atoms with Crippen LogP contribution in [-0.4, -0.2) is 12.5 Å². The maximum atomic E-state index is 12.4. The summed E-state index contributed by atoms with van der Waals surface area (Å²) in [5.74, 6) is 0.960. The van der Waals surface area contributed by atoms with Crippen molar-refractivity contribution in [3.63, 3.8) is 0 Å². The lowest BCUT2D eigenvalue weighted by atomic mass is 10.1. The maximum Gasteiger partial charge on any atom is 0.255 e. The van der Waals surface area contributed by atoms with Crippen molar-refractivity contribution in [2.75, 3.05) is 17.7 Å². The Bertz CT molecular complexity index is 666. The molecule has 116 valence electrons. The van der Waals surface area contributed by atoms with Gasteiger partial charge in [-0.1, -0.05) is 26.0 Å². The Morgan fingerprint density at radius 1 is 1.23 bits per heavy atom. The topological polar surface area (TPSA) is 64.3 Å². The average Bonchev–Trinajstić information content (AvgIpc) is 2.49. The molecule has 0 spiro atoms. The lowest BCUT2D eigenvalue weighted by Gasteiger charge is -2.11. The normalized spacial score (nSPS) is 10.5. The summed E-state index contributed by atoms with van der Waals surface area (Å²) in [5, 5.41) is 2.88. The van der Waals surface area contributed by atoms with Gasteiger partial charge in [-0.25, -0.2) is 0 Å². The molecule has 0 aliphatic rings. The first-order valence-electron chi connectivity index (χ1n) is 7.36. The van der Waals surface area contributed by atoms with Crippen molar-refractivity contribution < 1.29 is 9.53 Å². The number of aryl methyl sites for hydroxylation is 1. The monoisotopic (exact) mass is 298 g/mol. The van der Waals surface area contributed by atoms with Crippen LogP contribution >= 0.6 is 0 Å². The van der Waals surface area contributed by atoms with Gasteiger partial charge in [-0.3, -0.25) is 4.79 Å². The lowest BCUT2D eigenvalue weighted by molar-refractivity contribution is 0.102. The number of carbonyl (C=O) groups is 1. The summed E-state index contributed by atoms with van der Waals surface area (Å²) in [6, 6.07) is 12.6. The highest BCUT2D eigenvalue weighted by Crippen LogP contribution is 2.20. The number of ether oxygens (including phenoxy) is 1. The van der Waals surface area contributed by atoms with Crippen LogP contribution in [0.2, 0.25) is 0 Å². The summed E-state index contributed by atoms with van der Waals surface area (Å²) < 4.78 is 5.65. The number of nitrogens with two attached hydrogens (primary N) is 1. The second-order valence-corrected chi connectivity index (χ2v) is 5.76. The minimum Gasteiger partial charge on any atom is -0.493 e. The molecular formula is C18H22N2O2. The van der Waals surface area contributed by atoms with Gasteiger partial charge in [0.25, 0.3) is 5.91 Å². The summed E-state index contributed by atoms with van der Waals surface area (Å²) in [7, 11) is 0. The molecule has 0 radical (unpaired) electrons. The zero-order valence-electron chi connectivity index (χ0n) is 13.2. The Hall–Kier alpha value is -2.49. The van der Waals surface area contributed by atoms with E-state index in [4.69, 9.17) is 10.5 Å². The molecule has 22 heavy (non-hydrogen) atoms. The van der Waals surface area contributed by atoms with Gasteiger partial charge in [-0.2, -0.15) is 0 Å². The van der Waals surface area contributed by atoms with E-state index in [2.05, 4.69) is 19.2 Å². The van der Waals surface area contributed by atoms with E-state index in [1.807, 2.05) is 31.2 Å². The van der Waals surface area contributed by atoms with Gasteiger partial charge >= 0.3 is 0 Å². The van der Waals surface area contributed by atoms with Crippen LogP contribution in [0, 0.1) is 12.8 Å². The molecule has 0 aliphatic carbocycles. The number of hydrogen-bond donors (Lipinski definition) is 2. The van der Waals surface area contributed by atoms with Gasteiger partial charge in [0, 0.05) is 16.9 Å². The maximum absolute atomic E-state index is 12.4. The van der Waals surface area contributed by atoms with Gasteiger partial charge in [-0.15, -0.1) is 0 Å². The van der Waals surface area contributed by atoms with E-state index in [0.29, 0.717) is 29.5 Å². The van der Waals surface area contributed by atoms with Gasteiger partial charge in [0.05, 0.1) is 6.61 Å². The Morgan fingerprint density at radius 3 is 2.73 bits per heavy atom. The number of amides is 1. The van der Waals surface area contributed by atoms with Crippen molar-refractivity contribution in [1.82, 2.24) is 0 Å². The minimum atomic E-state index is -0.177. The van der Waals surface area contributed by atoms with Crippen molar-refractivity contribution in [2.45, 2.75) is 20.8 Å². The van der Waals surface area contributed by atoms with Gasteiger partial charge in [0.2, 0.25) is 0 Å². The highest BCUT2D eigenvalue weighted by Gasteiger charge is 2.09. The van der Waals surface area contributed by atoms with Crippen molar-refractivity contribution in [3.05, 3.63) is 53.6 Å². The molecule has 0 aromatic heterocycles. The smallest absolute Gasteiger partial charge is 0.255 e. The summed E-state index contributed by atoms with van der Waals surface area (Å²) in [6.45, 7) is 6.72. The molecule has 0 heterocycles. The summed E-state index contributed by atoms with van der Waals surface area (Å²) in [4.78, 5) is 12.4. The fourth-order valence-electron chi connectivity index (χ4n) is 1.96. The summed E-state index contributed by atoms with van der Waals surface area (Å²) in [6.07, 6.45) is 0. The van der Waals surface area contributed by atoms with E-state index in [9.17, 15) is 4.79 Å². The summed E-state index contributed by atoms with van der Waals surface area (Å²) in [5.41, 5.74) is 8.63. The fourth-order valence-corrected chi connectivity index (χ4v) is 1.96. The van der Waals surface area contributed by atoms with Crippen LogP contribution < -0.4 is 15.8 Å². The second-order valence-electron chi connectivity index (χ2n) is 5.76. The molecule has 0 fully saturated rings. The van der Waals surface area contributed by atoms with Crippen LogP contribution in [0.25, 0.3) is 0 Å². The summed E-state index contributed by atoms with van der Waals surface area (Å²) >= 11 is 0. The molecule has 2 aromatic carbocycles. The number of anilines is 2. The van der Waals surface area contributed by atoms with Crippen LogP contribution in [0.5, 0.6) is 5.75 Å². The lowest BCUT2D eigenvalue weighted by Crippen LogP contribution is -2.13. The molecule has 1 amide bonds. The van der Waals surface area contributed by atoms with Crippen molar-refractivity contribution in [1.29, 1.82) is 0 Å². The Kier molecular flexibility index (Phi) is 5.04. The molecule has 0 aliphatic heterocycles. The van der Waals surface area contributed by atoms with E-state index in [1.165, 1.54) is 0 Å². The zero-order chi connectivity index (χ0) is 16.1. The highest BCUT2D eigenvalue weighted by atomic mass is 16.5. The first kappa shape index (κ1) is 15.9. The first-order chi connectivity index (χ1) is 10.5. The third kappa shape index (κ3) is 4.25. The molecule has 0 bridgehead atoms. The molecule has 4 heteroatoms. The van der Waals surface area contributed by atoms with Crippen molar-refractivity contribution in [2.24, 2.45) is 5.92 Å². The molecule has 0 atom stereocenters. The van der Waals surface area contributed by atoms with Crippen LogP contribution in [0.3, 0.4) is 0 Å². The molecule has 4 nitrogen and oxygen atoms in total. The Balaban J connectivity index is 2.12. The van der Waals surface area contributed by atoms with Gasteiger partial charge in [0.1, 0.15) is 5.75 Å². The van der Waals surface area contributed by atoms with Gasteiger partial charge < -0.3 is 15.8 Å². The quantitative estimate of drug-likeness (QED) is 0.824. The number of hydrogen-bond acceptors (Lipinski definition) is 3. The van der Waals surface area contributed by atoms with Gasteiger partial charge in [-0.05, 0) is 48.7 Å². The number of benzene rings is 2. The SMILES string of the molecule is Cc1ccc(N)cc1NC(=O)c1cccc(OCC(C)C)c1. The van der Waals surface area contributed by atoms with E-state index >= 15 is 0 Å². The predicted octanol–water partition coefficient (Wildman–Crippen LogP) is 3.86. The molecule has 0 saturated heterocycles. The third-order valence-electron chi connectivity index (χ3n) is 3.19. The van der Waals surface area contributed by atoms with Crippen molar-refractivity contribution in [3.8, 4) is 5.75 Å². The number of rotatable bonds is 5.